The summed E-state index contributed by atoms with van der Waals surface area (Å²) >= 11 is 1.23. The van der Waals surface area contributed by atoms with E-state index in [4.69, 9.17) is 4.74 Å². The monoisotopic (exact) mass is 377 g/mol. The fourth-order valence-electron chi connectivity index (χ4n) is 2.16. The van der Waals surface area contributed by atoms with Crippen LogP contribution in [0.1, 0.15) is 13.3 Å². The summed E-state index contributed by atoms with van der Waals surface area (Å²) in [5.41, 5.74) is 0.936. The lowest BCUT2D eigenvalue weighted by Crippen LogP contribution is -2.40. The number of hydrogen-bond donors (Lipinski definition) is 2. The quantitative estimate of drug-likeness (QED) is 0.648. The number of ether oxygens (including phenoxy) is 1. The number of urea groups is 1. The molecular weight excluding hydrogens is 354 g/mol. The number of nitrogens with zero attached hydrogens (tertiary/aromatic N) is 3. The van der Waals surface area contributed by atoms with E-state index in [9.17, 15) is 9.59 Å². The summed E-state index contributed by atoms with van der Waals surface area (Å²) in [6, 6.07) is 9.21. The number of methoxy groups -OCH3 is 1. The number of carbonyl (C=O) groups excluding carboxylic acids is 2. The molecular formula is C17H23N5O3S. The van der Waals surface area contributed by atoms with Gasteiger partial charge in [-0.15, -0.1) is 10.2 Å². The lowest BCUT2D eigenvalue weighted by atomic mass is 10.2. The van der Waals surface area contributed by atoms with Crippen molar-refractivity contribution in [2.24, 2.45) is 0 Å². The van der Waals surface area contributed by atoms with Crippen molar-refractivity contribution in [3.63, 3.8) is 0 Å². The van der Waals surface area contributed by atoms with Gasteiger partial charge in [0, 0.05) is 19.2 Å². The van der Waals surface area contributed by atoms with E-state index in [0.717, 1.165) is 12.0 Å². The standard InChI is InChI=1S/C17H23N5O3S/c1-3-9-18-16(24)19-14(23)12-26-17-21-20-15(22(17)10-11-25-2)13-7-5-4-6-8-13/h4-8H,3,9-12H2,1-2H3,(H2,18,19,23,24). The minimum atomic E-state index is -0.483. The third kappa shape index (κ3) is 5.85. The predicted molar refractivity (Wildman–Crippen MR) is 99.9 cm³/mol. The van der Waals surface area contributed by atoms with Crippen molar-refractivity contribution in [2.75, 3.05) is 26.0 Å². The molecule has 26 heavy (non-hydrogen) atoms. The van der Waals surface area contributed by atoms with Gasteiger partial charge in [-0.05, 0) is 6.42 Å². The molecule has 1 heterocycles. The Kier molecular flexibility index (Phi) is 8.10. The maximum Gasteiger partial charge on any atom is 0.321 e. The van der Waals surface area contributed by atoms with E-state index >= 15 is 0 Å². The molecule has 0 aliphatic heterocycles. The third-order valence-electron chi connectivity index (χ3n) is 3.39. The molecule has 2 rings (SSSR count). The molecule has 0 saturated carbocycles. The average Bonchev–Trinajstić information content (AvgIpc) is 3.06. The van der Waals surface area contributed by atoms with Gasteiger partial charge in [0.1, 0.15) is 0 Å². The summed E-state index contributed by atoms with van der Waals surface area (Å²) in [6.45, 7) is 3.53. The maximum absolute atomic E-state index is 11.9. The summed E-state index contributed by atoms with van der Waals surface area (Å²) < 4.78 is 7.07. The van der Waals surface area contributed by atoms with Crippen LogP contribution in [0.25, 0.3) is 11.4 Å². The van der Waals surface area contributed by atoms with Gasteiger partial charge in [0.25, 0.3) is 0 Å². The van der Waals surface area contributed by atoms with Gasteiger partial charge in [-0.1, -0.05) is 49.0 Å². The van der Waals surface area contributed by atoms with Crippen LogP contribution in [0.4, 0.5) is 4.79 Å². The molecule has 2 aromatic rings. The van der Waals surface area contributed by atoms with Crippen molar-refractivity contribution < 1.29 is 14.3 Å². The summed E-state index contributed by atoms with van der Waals surface area (Å²) in [5.74, 6) is 0.400. The van der Waals surface area contributed by atoms with Gasteiger partial charge < -0.3 is 10.1 Å². The number of amides is 3. The van der Waals surface area contributed by atoms with E-state index in [0.29, 0.717) is 30.7 Å². The molecule has 8 nitrogen and oxygen atoms in total. The van der Waals surface area contributed by atoms with Crippen molar-refractivity contribution in [2.45, 2.75) is 25.0 Å². The number of carbonyl (C=O) groups is 2. The second-order valence-electron chi connectivity index (χ2n) is 5.41. The molecule has 3 amide bonds. The molecule has 0 aliphatic rings. The number of hydrogen-bond acceptors (Lipinski definition) is 6. The van der Waals surface area contributed by atoms with Crippen molar-refractivity contribution >= 4 is 23.7 Å². The van der Waals surface area contributed by atoms with Crippen LogP contribution >= 0.6 is 11.8 Å². The predicted octanol–water partition coefficient (Wildman–Crippen LogP) is 1.92. The summed E-state index contributed by atoms with van der Waals surface area (Å²) in [4.78, 5) is 23.4. The number of aromatic nitrogens is 3. The van der Waals surface area contributed by atoms with Crippen LogP contribution in [0, 0.1) is 0 Å². The first kappa shape index (κ1) is 19.9. The van der Waals surface area contributed by atoms with E-state index < -0.39 is 6.03 Å². The molecule has 9 heteroatoms. The second kappa shape index (κ2) is 10.6. The molecule has 0 radical (unpaired) electrons. The van der Waals surface area contributed by atoms with Crippen molar-refractivity contribution in [1.82, 2.24) is 25.4 Å². The smallest absolute Gasteiger partial charge is 0.321 e. The summed E-state index contributed by atoms with van der Waals surface area (Å²) in [7, 11) is 1.63. The molecule has 1 aromatic heterocycles. The Morgan fingerprint density at radius 2 is 2.00 bits per heavy atom. The van der Waals surface area contributed by atoms with Crippen LogP contribution in [0.3, 0.4) is 0 Å². The van der Waals surface area contributed by atoms with Gasteiger partial charge >= 0.3 is 6.03 Å². The van der Waals surface area contributed by atoms with Crippen molar-refractivity contribution in [3.05, 3.63) is 30.3 Å². The Balaban J connectivity index is 2.03. The van der Waals surface area contributed by atoms with Crippen LogP contribution in [-0.2, 0) is 16.1 Å². The van der Waals surface area contributed by atoms with Crippen LogP contribution in [0.15, 0.2) is 35.5 Å². The highest BCUT2D eigenvalue weighted by Gasteiger charge is 2.16. The SMILES string of the molecule is CCCNC(=O)NC(=O)CSc1nnc(-c2ccccc2)n1CCOC. The van der Waals surface area contributed by atoms with Gasteiger partial charge in [-0.2, -0.15) is 0 Å². The average molecular weight is 377 g/mol. The van der Waals surface area contributed by atoms with Crippen LogP contribution in [0.2, 0.25) is 0 Å². The summed E-state index contributed by atoms with van der Waals surface area (Å²) in [6.07, 6.45) is 0.807. The number of nitrogens with one attached hydrogen (secondary N) is 2. The lowest BCUT2D eigenvalue weighted by Gasteiger charge is -2.10. The Morgan fingerprint density at radius 3 is 2.69 bits per heavy atom. The first-order valence-corrected chi connectivity index (χ1v) is 9.32. The van der Waals surface area contributed by atoms with E-state index in [1.54, 1.807) is 7.11 Å². The zero-order valence-electron chi connectivity index (χ0n) is 14.9. The minimum Gasteiger partial charge on any atom is -0.383 e. The molecule has 2 N–H and O–H groups in total. The van der Waals surface area contributed by atoms with Gasteiger partial charge in [-0.25, -0.2) is 4.79 Å². The van der Waals surface area contributed by atoms with E-state index in [2.05, 4.69) is 20.8 Å². The molecule has 0 atom stereocenters. The van der Waals surface area contributed by atoms with Crippen molar-refractivity contribution in [3.8, 4) is 11.4 Å². The number of imide groups is 1. The Bertz CT molecular complexity index is 720. The van der Waals surface area contributed by atoms with E-state index in [1.165, 1.54) is 11.8 Å². The molecule has 140 valence electrons. The normalized spacial score (nSPS) is 10.5. The molecule has 0 spiro atoms. The number of benzene rings is 1. The molecule has 0 bridgehead atoms. The molecule has 0 saturated heterocycles. The molecule has 1 aromatic carbocycles. The maximum atomic E-state index is 11.9. The zero-order valence-corrected chi connectivity index (χ0v) is 15.7. The highest BCUT2D eigenvalue weighted by Crippen LogP contribution is 2.23. The number of rotatable bonds is 9. The first-order chi connectivity index (χ1) is 12.7. The lowest BCUT2D eigenvalue weighted by molar-refractivity contribution is -0.117. The number of thioether (sulfide) groups is 1. The van der Waals surface area contributed by atoms with E-state index in [-0.39, 0.29) is 11.7 Å². The topological polar surface area (TPSA) is 98.1 Å². The zero-order chi connectivity index (χ0) is 18.8. The van der Waals surface area contributed by atoms with Crippen LogP contribution in [0.5, 0.6) is 0 Å². The van der Waals surface area contributed by atoms with Crippen LogP contribution in [-0.4, -0.2) is 52.7 Å². The molecule has 0 unspecified atom stereocenters. The third-order valence-corrected chi connectivity index (χ3v) is 4.36. The fraction of sp³-hybridized carbons (Fsp3) is 0.412. The van der Waals surface area contributed by atoms with E-state index in [1.807, 2.05) is 41.8 Å². The Hall–Kier alpha value is -2.39. The highest BCUT2D eigenvalue weighted by atomic mass is 32.2. The van der Waals surface area contributed by atoms with Crippen LogP contribution < -0.4 is 10.6 Å². The van der Waals surface area contributed by atoms with Crippen molar-refractivity contribution in [1.29, 1.82) is 0 Å². The highest BCUT2D eigenvalue weighted by molar-refractivity contribution is 7.99. The van der Waals surface area contributed by atoms with Gasteiger partial charge in [0.05, 0.1) is 18.9 Å². The molecule has 0 fully saturated rings. The Labute approximate surface area is 156 Å². The van der Waals surface area contributed by atoms with Gasteiger partial charge in [-0.3, -0.25) is 14.7 Å². The largest absolute Gasteiger partial charge is 0.383 e. The fourth-order valence-corrected chi connectivity index (χ4v) is 2.92. The van der Waals surface area contributed by atoms with Gasteiger partial charge in [0.2, 0.25) is 5.91 Å². The second-order valence-corrected chi connectivity index (χ2v) is 6.35. The molecule has 0 aliphatic carbocycles. The van der Waals surface area contributed by atoms with Gasteiger partial charge in [0.15, 0.2) is 11.0 Å². The Morgan fingerprint density at radius 1 is 1.23 bits per heavy atom. The first-order valence-electron chi connectivity index (χ1n) is 8.33. The summed E-state index contributed by atoms with van der Waals surface area (Å²) in [5, 5.41) is 13.9. The minimum absolute atomic E-state index is 0.0689.